The number of piperazine rings is 1. The molecule has 0 aromatic carbocycles. The van der Waals surface area contributed by atoms with Gasteiger partial charge in [-0.15, -0.1) is 24.0 Å². The van der Waals surface area contributed by atoms with Gasteiger partial charge in [0.15, 0.2) is 5.96 Å². The summed E-state index contributed by atoms with van der Waals surface area (Å²) in [4.78, 5) is 33.0. The smallest absolute Gasteiger partial charge is 0.222 e. The maximum atomic E-state index is 12.5. The molecule has 188 valence electrons. The lowest BCUT2D eigenvalue weighted by molar-refractivity contribution is -0.140. The van der Waals surface area contributed by atoms with E-state index in [0.717, 1.165) is 44.0 Å². The summed E-state index contributed by atoms with van der Waals surface area (Å²) in [6.45, 7) is 11.0. The number of carbonyl (C=O) groups excluding carboxylic acids is 2. The second-order valence-corrected chi connectivity index (χ2v) is 8.74. The zero-order valence-corrected chi connectivity index (χ0v) is 23.0. The summed E-state index contributed by atoms with van der Waals surface area (Å²) >= 11 is 0. The van der Waals surface area contributed by atoms with E-state index in [-0.39, 0.29) is 35.8 Å². The van der Waals surface area contributed by atoms with Crippen molar-refractivity contribution in [3.05, 3.63) is 18.0 Å². The molecule has 0 atom stereocenters. The van der Waals surface area contributed by atoms with Crippen LogP contribution in [-0.4, -0.2) is 76.6 Å². The number of hydrogen-bond donors (Lipinski definition) is 2. The number of amides is 2. The number of aliphatic imine (C=N–C) groups is 1. The lowest BCUT2D eigenvalue weighted by atomic mass is 10.1. The van der Waals surface area contributed by atoms with Gasteiger partial charge in [0.1, 0.15) is 0 Å². The minimum Gasteiger partial charge on any atom is -0.357 e. The number of rotatable bonds is 11. The van der Waals surface area contributed by atoms with Gasteiger partial charge in [0.2, 0.25) is 11.8 Å². The van der Waals surface area contributed by atoms with Crippen LogP contribution in [0.25, 0.3) is 0 Å². The van der Waals surface area contributed by atoms with E-state index in [2.05, 4.69) is 34.6 Å². The monoisotopic (exact) mass is 575 g/mol. The third kappa shape index (κ3) is 10.7. The SMILES string of the molecule is CCNC(=NCc1ccnn1C)NCCCCCC(=O)N1CCN(C(=O)CC(C)C)CC1.I. The van der Waals surface area contributed by atoms with Crippen molar-refractivity contribution in [2.75, 3.05) is 39.3 Å². The van der Waals surface area contributed by atoms with Crippen LogP contribution in [0.3, 0.4) is 0 Å². The van der Waals surface area contributed by atoms with Gasteiger partial charge < -0.3 is 20.4 Å². The number of nitrogens with one attached hydrogen (secondary N) is 2. The van der Waals surface area contributed by atoms with Gasteiger partial charge in [-0.25, -0.2) is 4.99 Å². The van der Waals surface area contributed by atoms with Crippen LogP contribution >= 0.6 is 24.0 Å². The molecule has 2 heterocycles. The van der Waals surface area contributed by atoms with Gasteiger partial charge >= 0.3 is 0 Å². The summed E-state index contributed by atoms with van der Waals surface area (Å²) < 4.78 is 1.83. The number of hydrogen-bond acceptors (Lipinski definition) is 4. The van der Waals surface area contributed by atoms with Gasteiger partial charge in [-0.3, -0.25) is 14.3 Å². The van der Waals surface area contributed by atoms with Crippen molar-refractivity contribution >= 4 is 41.8 Å². The minimum atomic E-state index is 0. The molecule has 0 saturated carbocycles. The van der Waals surface area contributed by atoms with E-state index in [0.29, 0.717) is 51.5 Å². The maximum Gasteiger partial charge on any atom is 0.222 e. The molecule has 10 heteroatoms. The molecule has 0 spiro atoms. The molecule has 1 fully saturated rings. The second-order valence-electron chi connectivity index (χ2n) is 8.74. The summed E-state index contributed by atoms with van der Waals surface area (Å²) in [5.74, 6) is 1.59. The molecule has 9 nitrogen and oxygen atoms in total. The summed E-state index contributed by atoms with van der Waals surface area (Å²) in [5.41, 5.74) is 1.06. The van der Waals surface area contributed by atoms with Crippen molar-refractivity contribution in [3.63, 3.8) is 0 Å². The summed E-state index contributed by atoms with van der Waals surface area (Å²) in [6, 6.07) is 1.97. The van der Waals surface area contributed by atoms with Crippen LogP contribution in [0.5, 0.6) is 0 Å². The number of unbranched alkanes of at least 4 members (excludes halogenated alkanes) is 2. The van der Waals surface area contributed by atoms with Crippen molar-refractivity contribution in [2.45, 2.75) is 59.4 Å². The molecule has 0 bridgehead atoms. The molecular weight excluding hydrogens is 533 g/mol. The fourth-order valence-electron chi connectivity index (χ4n) is 3.68. The van der Waals surface area contributed by atoms with Crippen LogP contribution in [0.2, 0.25) is 0 Å². The third-order valence-electron chi connectivity index (χ3n) is 5.59. The Balaban J connectivity index is 0.00000544. The highest BCUT2D eigenvalue weighted by molar-refractivity contribution is 14.0. The first kappa shape index (κ1) is 29.2. The minimum absolute atomic E-state index is 0. The Hall–Kier alpha value is -1.85. The van der Waals surface area contributed by atoms with E-state index >= 15 is 0 Å². The summed E-state index contributed by atoms with van der Waals surface area (Å²) in [6.07, 6.45) is 5.81. The van der Waals surface area contributed by atoms with Crippen LogP contribution in [0.15, 0.2) is 17.3 Å². The number of guanidine groups is 1. The van der Waals surface area contributed by atoms with E-state index in [9.17, 15) is 9.59 Å². The molecular formula is C23H42IN7O2. The van der Waals surface area contributed by atoms with Gasteiger partial charge in [0, 0.05) is 65.4 Å². The predicted octanol–water partition coefficient (Wildman–Crippen LogP) is 2.37. The Morgan fingerprint density at radius 1 is 1.06 bits per heavy atom. The number of nitrogens with zero attached hydrogens (tertiary/aromatic N) is 5. The van der Waals surface area contributed by atoms with Crippen LogP contribution in [0.4, 0.5) is 0 Å². The lowest BCUT2D eigenvalue weighted by Gasteiger charge is -2.35. The zero-order valence-electron chi connectivity index (χ0n) is 20.7. The normalized spacial score (nSPS) is 14.3. The van der Waals surface area contributed by atoms with E-state index in [4.69, 9.17) is 0 Å². The van der Waals surface area contributed by atoms with Gasteiger partial charge in [-0.05, 0) is 31.7 Å². The summed E-state index contributed by atoms with van der Waals surface area (Å²) in [5, 5.41) is 10.8. The van der Waals surface area contributed by atoms with Crippen molar-refractivity contribution in [3.8, 4) is 0 Å². The van der Waals surface area contributed by atoms with E-state index in [1.807, 2.05) is 34.5 Å². The maximum absolute atomic E-state index is 12.5. The molecule has 1 aromatic heterocycles. The van der Waals surface area contributed by atoms with Crippen molar-refractivity contribution < 1.29 is 9.59 Å². The molecule has 33 heavy (non-hydrogen) atoms. The average Bonchev–Trinajstić information content (AvgIpc) is 3.18. The number of halogens is 1. The highest BCUT2D eigenvalue weighted by Gasteiger charge is 2.23. The first-order chi connectivity index (χ1) is 15.4. The van der Waals surface area contributed by atoms with Crippen LogP contribution < -0.4 is 10.6 Å². The van der Waals surface area contributed by atoms with E-state index in [1.165, 1.54) is 0 Å². The Morgan fingerprint density at radius 3 is 2.30 bits per heavy atom. The fraction of sp³-hybridized carbons (Fsp3) is 0.739. The first-order valence-corrected chi connectivity index (χ1v) is 11.9. The Bertz CT molecular complexity index is 743. The molecule has 0 unspecified atom stereocenters. The number of carbonyl (C=O) groups is 2. The molecule has 1 aromatic rings. The van der Waals surface area contributed by atoms with Gasteiger partial charge in [-0.2, -0.15) is 5.10 Å². The topological polar surface area (TPSA) is 94.9 Å². The molecule has 2 N–H and O–H groups in total. The quantitative estimate of drug-likeness (QED) is 0.183. The Labute approximate surface area is 215 Å². The summed E-state index contributed by atoms with van der Waals surface area (Å²) in [7, 11) is 1.92. The van der Waals surface area contributed by atoms with Crippen molar-refractivity contribution in [1.29, 1.82) is 0 Å². The number of aryl methyl sites for hydroxylation is 1. The van der Waals surface area contributed by atoms with Crippen LogP contribution in [-0.2, 0) is 23.2 Å². The lowest BCUT2D eigenvalue weighted by Crippen LogP contribution is -2.50. The first-order valence-electron chi connectivity index (χ1n) is 11.9. The Morgan fingerprint density at radius 2 is 1.73 bits per heavy atom. The average molecular weight is 576 g/mol. The largest absolute Gasteiger partial charge is 0.357 e. The van der Waals surface area contributed by atoms with Crippen LogP contribution in [0, 0.1) is 5.92 Å². The van der Waals surface area contributed by atoms with Gasteiger partial charge in [0.05, 0.1) is 12.2 Å². The molecule has 1 aliphatic rings. The highest BCUT2D eigenvalue weighted by Crippen LogP contribution is 2.10. The molecule has 1 saturated heterocycles. The number of aromatic nitrogens is 2. The molecule has 2 rings (SSSR count). The van der Waals surface area contributed by atoms with Crippen molar-refractivity contribution in [1.82, 2.24) is 30.2 Å². The standard InChI is InChI=1S/C23H41N7O2.HI/c1-5-24-23(26-18-20-10-12-27-28(20)4)25-11-8-6-7-9-21(31)29-13-15-30(16-14-29)22(32)17-19(2)3;/h10,12,19H,5-9,11,13-18H2,1-4H3,(H2,24,25,26);1H. The van der Waals surface area contributed by atoms with E-state index < -0.39 is 0 Å². The fourth-order valence-corrected chi connectivity index (χ4v) is 3.68. The Kier molecular flexibility index (Phi) is 14.1. The molecule has 1 aliphatic heterocycles. The third-order valence-corrected chi connectivity index (χ3v) is 5.59. The van der Waals surface area contributed by atoms with Crippen molar-refractivity contribution in [2.24, 2.45) is 18.0 Å². The van der Waals surface area contributed by atoms with Gasteiger partial charge in [-0.1, -0.05) is 20.3 Å². The zero-order chi connectivity index (χ0) is 23.3. The van der Waals surface area contributed by atoms with Gasteiger partial charge in [0.25, 0.3) is 0 Å². The van der Waals surface area contributed by atoms with Crippen LogP contribution in [0.1, 0.15) is 58.6 Å². The molecule has 2 amide bonds. The predicted molar refractivity (Wildman–Crippen MR) is 143 cm³/mol. The second kappa shape index (κ2) is 15.9. The molecule has 0 radical (unpaired) electrons. The molecule has 0 aliphatic carbocycles. The highest BCUT2D eigenvalue weighted by atomic mass is 127. The van der Waals surface area contributed by atoms with E-state index in [1.54, 1.807) is 6.20 Å².